The van der Waals surface area contributed by atoms with Crippen LogP contribution in [0.4, 0.5) is 4.79 Å². The van der Waals surface area contributed by atoms with Crippen molar-refractivity contribution in [1.29, 1.82) is 0 Å². The Kier molecular flexibility index (Phi) is 6.00. The van der Waals surface area contributed by atoms with Crippen molar-refractivity contribution in [3.05, 3.63) is 0 Å². The van der Waals surface area contributed by atoms with Gasteiger partial charge in [-0.3, -0.25) is 9.59 Å². The van der Waals surface area contributed by atoms with E-state index >= 15 is 0 Å². The summed E-state index contributed by atoms with van der Waals surface area (Å²) >= 11 is 0. The maximum atomic E-state index is 10.9. The van der Waals surface area contributed by atoms with Gasteiger partial charge in [0.1, 0.15) is 6.04 Å². The second-order valence-corrected chi connectivity index (χ2v) is 4.54. The Morgan fingerprint density at radius 3 is 2.58 bits per heavy atom. The highest BCUT2D eigenvalue weighted by atomic mass is 33.1. The molecule has 4 nitrogen and oxygen atoms in total. The first-order valence-electron chi connectivity index (χ1n) is 3.40. The van der Waals surface area contributed by atoms with E-state index in [1.807, 2.05) is 6.92 Å². The summed E-state index contributed by atoms with van der Waals surface area (Å²) in [5.41, 5.74) is 0. The standard InChI is InChI=1S/C6H11NO3S2/c1-3-11-12-6(10)7-4(2)5(8)9/h4H,3H2,1-2H3,(H,7,10)(H,8,9)/t4-/m0/s1. The maximum absolute atomic E-state index is 10.9. The van der Waals surface area contributed by atoms with Crippen LogP contribution in [0.1, 0.15) is 13.8 Å². The highest BCUT2D eigenvalue weighted by Crippen LogP contribution is 2.20. The Labute approximate surface area is 78.9 Å². The van der Waals surface area contributed by atoms with E-state index in [9.17, 15) is 9.59 Å². The second-order valence-electron chi connectivity index (χ2n) is 1.98. The molecular weight excluding hydrogens is 198 g/mol. The molecule has 0 spiro atoms. The molecule has 2 N–H and O–H groups in total. The van der Waals surface area contributed by atoms with Crippen molar-refractivity contribution in [2.75, 3.05) is 5.75 Å². The van der Waals surface area contributed by atoms with Crippen LogP contribution < -0.4 is 5.32 Å². The molecule has 0 saturated heterocycles. The molecule has 0 fully saturated rings. The summed E-state index contributed by atoms with van der Waals surface area (Å²) < 4.78 is 0. The van der Waals surface area contributed by atoms with Gasteiger partial charge in [0, 0.05) is 16.5 Å². The lowest BCUT2D eigenvalue weighted by Crippen LogP contribution is -2.35. The molecule has 1 atom stereocenters. The van der Waals surface area contributed by atoms with E-state index in [4.69, 9.17) is 5.11 Å². The van der Waals surface area contributed by atoms with Crippen LogP contribution in [0, 0.1) is 0 Å². The topological polar surface area (TPSA) is 66.4 Å². The Balaban J connectivity index is 3.61. The zero-order valence-corrected chi connectivity index (χ0v) is 8.50. The molecule has 0 aliphatic heterocycles. The number of amides is 1. The smallest absolute Gasteiger partial charge is 0.325 e. The molecule has 0 heterocycles. The number of rotatable bonds is 4. The lowest BCUT2D eigenvalue weighted by molar-refractivity contribution is -0.138. The van der Waals surface area contributed by atoms with Crippen molar-refractivity contribution in [2.45, 2.75) is 19.9 Å². The summed E-state index contributed by atoms with van der Waals surface area (Å²) in [5, 5.41) is 10.4. The summed E-state index contributed by atoms with van der Waals surface area (Å²) in [5.74, 6) is -0.204. The lowest BCUT2D eigenvalue weighted by atomic mass is 10.4. The van der Waals surface area contributed by atoms with Gasteiger partial charge in [-0.25, -0.2) is 0 Å². The Bertz CT molecular complexity index is 174. The van der Waals surface area contributed by atoms with Gasteiger partial charge in [0.2, 0.25) is 0 Å². The van der Waals surface area contributed by atoms with Crippen molar-refractivity contribution >= 4 is 32.8 Å². The van der Waals surface area contributed by atoms with Crippen LogP contribution in [0.25, 0.3) is 0 Å². The van der Waals surface area contributed by atoms with Gasteiger partial charge in [0.05, 0.1) is 0 Å². The average Bonchev–Trinajstić information content (AvgIpc) is 2.00. The molecule has 0 radical (unpaired) electrons. The van der Waals surface area contributed by atoms with Crippen LogP contribution in [-0.2, 0) is 4.79 Å². The normalized spacial score (nSPS) is 12.2. The quantitative estimate of drug-likeness (QED) is 0.688. The SMILES string of the molecule is CCSSC(=O)N[C@@H](C)C(=O)O. The molecule has 70 valence electrons. The molecule has 0 unspecified atom stereocenters. The number of aliphatic carboxylic acids is 1. The van der Waals surface area contributed by atoms with E-state index in [2.05, 4.69) is 5.32 Å². The minimum absolute atomic E-state index is 0.309. The summed E-state index contributed by atoms with van der Waals surface area (Å²) in [6.07, 6.45) is 0. The van der Waals surface area contributed by atoms with Gasteiger partial charge >= 0.3 is 5.97 Å². The third-order valence-electron chi connectivity index (χ3n) is 0.957. The number of nitrogens with one attached hydrogen (secondary N) is 1. The molecule has 0 aromatic heterocycles. The molecule has 0 saturated carbocycles. The van der Waals surface area contributed by atoms with Crippen molar-refractivity contribution in [3.8, 4) is 0 Å². The van der Waals surface area contributed by atoms with E-state index in [1.165, 1.54) is 17.7 Å². The van der Waals surface area contributed by atoms with Crippen LogP contribution >= 0.6 is 21.6 Å². The van der Waals surface area contributed by atoms with E-state index in [1.54, 1.807) is 0 Å². The first kappa shape index (κ1) is 11.6. The van der Waals surface area contributed by atoms with Gasteiger partial charge < -0.3 is 10.4 Å². The van der Waals surface area contributed by atoms with Crippen LogP contribution in [0.15, 0.2) is 0 Å². The fraction of sp³-hybridized carbons (Fsp3) is 0.667. The van der Waals surface area contributed by atoms with E-state index < -0.39 is 12.0 Å². The van der Waals surface area contributed by atoms with Crippen LogP contribution in [0.2, 0.25) is 0 Å². The van der Waals surface area contributed by atoms with E-state index in [0.29, 0.717) is 0 Å². The average molecular weight is 209 g/mol. The van der Waals surface area contributed by atoms with Crippen LogP contribution in [-0.4, -0.2) is 28.1 Å². The second kappa shape index (κ2) is 6.19. The molecule has 6 heteroatoms. The molecule has 0 aromatic rings. The fourth-order valence-electron chi connectivity index (χ4n) is 0.375. The Hall–Kier alpha value is -0.360. The summed E-state index contributed by atoms with van der Waals surface area (Å²) in [6, 6.07) is -0.817. The highest BCUT2D eigenvalue weighted by Gasteiger charge is 2.13. The molecule has 1 amide bonds. The third-order valence-corrected chi connectivity index (χ3v) is 3.09. The number of hydrogen-bond donors (Lipinski definition) is 2. The van der Waals surface area contributed by atoms with Crippen molar-refractivity contribution in [2.24, 2.45) is 0 Å². The molecule has 0 aliphatic carbocycles. The van der Waals surface area contributed by atoms with Gasteiger partial charge in [-0.05, 0) is 6.92 Å². The predicted molar refractivity (Wildman–Crippen MR) is 51.4 cm³/mol. The maximum Gasteiger partial charge on any atom is 0.325 e. The molecule has 0 rings (SSSR count). The van der Waals surface area contributed by atoms with E-state index in [-0.39, 0.29) is 5.24 Å². The van der Waals surface area contributed by atoms with Crippen molar-refractivity contribution < 1.29 is 14.7 Å². The number of carboxylic acid groups (broad SMARTS) is 1. The zero-order chi connectivity index (χ0) is 9.56. The van der Waals surface area contributed by atoms with E-state index in [0.717, 1.165) is 16.5 Å². The fourth-order valence-corrected chi connectivity index (χ4v) is 1.64. The Morgan fingerprint density at radius 2 is 2.17 bits per heavy atom. The number of carbonyl (C=O) groups excluding carboxylic acids is 1. The van der Waals surface area contributed by atoms with Crippen LogP contribution in [0.5, 0.6) is 0 Å². The minimum Gasteiger partial charge on any atom is -0.480 e. The molecule has 0 bridgehead atoms. The molecule has 0 aromatic carbocycles. The zero-order valence-electron chi connectivity index (χ0n) is 6.86. The molecular formula is C6H11NO3S2. The first-order chi connectivity index (χ1) is 5.57. The summed E-state index contributed by atoms with van der Waals surface area (Å²) in [6.45, 7) is 3.35. The van der Waals surface area contributed by atoms with Gasteiger partial charge in [-0.1, -0.05) is 17.7 Å². The number of carboxylic acids is 1. The van der Waals surface area contributed by atoms with Crippen molar-refractivity contribution in [1.82, 2.24) is 5.32 Å². The van der Waals surface area contributed by atoms with Gasteiger partial charge in [-0.2, -0.15) is 0 Å². The van der Waals surface area contributed by atoms with Gasteiger partial charge in [-0.15, -0.1) is 0 Å². The monoisotopic (exact) mass is 209 g/mol. The van der Waals surface area contributed by atoms with Gasteiger partial charge in [0.15, 0.2) is 0 Å². The third kappa shape index (κ3) is 5.31. The Morgan fingerprint density at radius 1 is 1.58 bits per heavy atom. The summed E-state index contributed by atoms with van der Waals surface area (Å²) in [4.78, 5) is 21.2. The van der Waals surface area contributed by atoms with Gasteiger partial charge in [0.25, 0.3) is 5.24 Å². The number of carbonyl (C=O) groups is 2. The lowest BCUT2D eigenvalue weighted by Gasteiger charge is -2.06. The van der Waals surface area contributed by atoms with Crippen LogP contribution in [0.3, 0.4) is 0 Å². The molecule has 12 heavy (non-hydrogen) atoms. The first-order valence-corrected chi connectivity index (χ1v) is 5.72. The largest absolute Gasteiger partial charge is 0.480 e. The molecule has 0 aliphatic rings. The van der Waals surface area contributed by atoms with Crippen molar-refractivity contribution in [3.63, 3.8) is 0 Å². The predicted octanol–water partition coefficient (Wildman–Crippen LogP) is 1.57. The highest BCUT2D eigenvalue weighted by molar-refractivity contribution is 8.82. The number of hydrogen-bond acceptors (Lipinski definition) is 4. The summed E-state index contributed by atoms with van der Waals surface area (Å²) in [7, 11) is 2.41. The minimum atomic E-state index is -1.02.